The highest BCUT2D eigenvalue weighted by molar-refractivity contribution is 6.06. The van der Waals surface area contributed by atoms with Gasteiger partial charge in [0.25, 0.3) is 5.91 Å². The molecule has 1 aromatic rings. The number of amides is 2. The number of hydrogen-bond donors (Lipinski definition) is 0. The lowest BCUT2D eigenvalue weighted by Crippen LogP contribution is -2.39. The number of cyclic esters (lactones) is 1. The van der Waals surface area contributed by atoms with Gasteiger partial charge < -0.3 is 14.2 Å². The molecule has 9 nitrogen and oxygen atoms in total. The van der Waals surface area contributed by atoms with Crippen LogP contribution in [0.3, 0.4) is 0 Å². The second-order valence-corrected chi connectivity index (χ2v) is 6.27. The van der Waals surface area contributed by atoms with E-state index in [1.54, 1.807) is 26.0 Å². The summed E-state index contributed by atoms with van der Waals surface area (Å²) < 4.78 is 15.3. The first-order chi connectivity index (χ1) is 15.0. The average molecular weight is 423 g/mol. The Hall–Kier alpha value is -4.11. The third kappa shape index (κ3) is 5.71. The summed E-state index contributed by atoms with van der Waals surface area (Å²) in [4.78, 5) is 38.6. The molecule has 1 atom stereocenters. The van der Waals surface area contributed by atoms with E-state index in [1.807, 2.05) is 30.3 Å². The van der Waals surface area contributed by atoms with Crippen molar-refractivity contribution in [3.8, 4) is 12.1 Å². The second-order valence-electron chi connectivity index (χ2n) is 6.27. The summed E-state index contributed by atoms with van der Waals surface area (Å²) in [6.07, 6.45) is 0.340. The maximum absolute atomic E-state index is 13.0. The van der Waals surface area contributed by atoms with Crippen LogP contribution in [0.25, 0.3) is 0 Å². The molecule has 1 heterocycles. The van der Waals surface area contributed by atoms with Crippen LogP contribution in [0.2, 0.25) is 0 Å². The Morgan fingerprint density at radius 1 is 1.16 bits per heavy atom. The normalized spacial score (nSPS) is 15.4. The zero-order chi connectivity index (χ0) is 22.8. The minimum atomic E-state index is -0.963. The van der Waals surface area contributed by atoms with E-state index in [0.29, 0.717) is 6.42 Å². The summed E-state index contributed by atoms with van der Waals surface area (Å²) in [5.74, 6) is -2.19. The first-order valence-electron chi connectivity index (χ1n) is 9.57. The van der Waals surface area contributed by atoms with E-state index in [0.717, 1.165) is 16.5 Å². The third-order valence-corrected chi connectivity index (χ3v) is 4.26. The van der Waals surface area contributed by atoms with Crippen LogP contribution in [0.15, 0.2) is 53.3 Å². The van der Waals surface area contributed by atoms with Crippen molar-refractivity contribution in [2.75, 3.05) is 19.8 Å². The van der Waals surface area contributed by atoms with Gasteiger partial charge in [0.05, 0.1) is 19.3 Å². The zero-order valence-corrected chi connectivity index (χ0v) is 17.2. The van der Waals surface area contributed by atoms with Crippen LogP contribution in [0.1, 0.15) is 19.4 Å². The molecular formula is C22H21N3O6. The van der Waals surface area contributed by atoms with Crippen molar-refractivity contribution in [3.63, 3.8) is 0 Å². The van der Waals surface area contributed by atoms with E-state index in [2.05, 4.69) is 0 Å². The molecule has 9 heteroatoms. The van der Waals surface area contributed by atoms with Gasteiger partial charge in [-0.05, 0) is 25.8 Å². The van der Waals surface area contributed by atoms with Crippen molar-refractivity contribution < 1.29 is 28.6 Å². The molecule has 1 fully saturated rings. The van der Waals surface area contributed by atoms with Crippen LogP contribution in [-0.4, -0.2) is 48.7 Å². The van der Waals surface area contributed by atoms with Crippen LogP contribution in [0.5, 0.6) is 0 Å². The van der Waals surface area contributed by atoms with Gasteiger partial charge in [-0.2, -0.15) is 10.5 Å². The lowest BCUT2D eigenvalue weighted by Gasteiger charge is -2.19. The van der Waals surface area contributed by atoms with E-state index in [4.69, 9.17) is 14.2 Å². The topological polar surface area (TPSA) is 130 Å². The molecule has 0 aliphatic carbocycles. The number of nitrogens with zero attached hydrogens (tertiary/aromatic N) is 3. The van der Waals surface area contributed by atoms with Crippen LogP contribution in [0.4, 0.5) is 4.79 Å². The second kappa shape index (κ2) is 11.2. The average Bonchev–Trinajstić information content (AvgIpc) is 3.13. The summed E-state index contributed by atoms with van der Waals surface area (Å²) in [6, 6.07) is 11.9. The maximum Gasteiger partial charge on any atom is 0.417 e. The number of carbonyl (C=O) groups is 3. The van der Waals surface area contributed by atoms with Crippen molar-refractivity contribution in [2.45, 2.75) is 26.3 Å². The predicted octanol–water partition coefficient (Wildman–Crippen LogP) is 2.40. The van der Waals surface area contributed by atoms with Crippen molar-refractivity contribution in [1.82, 2.24) is 4.90 Å². The third-order valence-electron chi connectivity index (χ3n) is 4.26. The molecule has 0 bridgehead atoms. The summed E-state index contributed by atoms with van der Waals surface area (Å²) in [5, 5.41) is 18.4. The van der Waals surface area contributed by atoms with Crippen LogP contribution in [-0.2, 0) is 30.2 Å². The molecule has 31 heavy (non-hydrogen) atoms. The maximum atomic E-state index is 13.0. The van der Waals surface area contributed by atoms with Crippen molar-refractivity contribution in [2.24, 2.45) is 0 Å². The fourth-order valence-corrected chi connectivity index (χ4v) is 2.94. The van der Waals surface area contributed by atoms with E-state index in [-0.39, 0.29) is 25.6 Å². The van der Waals surface area contributed by atoms with Crippen LogP contribution >= 0.6 is 0 Å². The van der Waals surface area contributed by atoms with Gasteiger partial charge in [0, 0.05) is 6.08 Å². The Morgan fingerprint density at radius 3 is 2.39 bits per heavy atom. The highest BCUT2D eigenvalue weighted by atomic mass is 16.6. The molecule has 0 spiro atoms. The Labute approximate surface area is 179 Å². The van der Waals surface area contributed by atoms with Crippen LogP contribution < -0.4 is 0 Å². The lowest BCUT2D eigenvalue weighted by molar-refractivity contribution is -0.139. The molecule has 0 N–H and O–H groups in total. The quantitative estimate of drug-likeness (QED) is 0.205. The lowest BCUT2D eigenvalue weighted by atomic mass is 10.1. The molecule has 0 unspecified atom stereocenters. The summed E-state index contributed by atoms with van der Waals surface area (Å²) in [5.41, 5.74) is -0.0342. The number of allylic oxidation sites excluding steroid dienone is 1. The molecule has 0 radical (unpaired) electrons. The molecule has 160 valence electrons. The van der Waals surface area contributed by atoms with Gasteiger partial charge in [0.1, 0.15) is 24.3 Å². The SMILES string of the molecule is CCOC(=O)/C(=C/C(=O)N1C(=O)OC[C@@H]1Cc1ccccc1)C(OCC)=C(C#N)C#N. The minimum absolute atomic E-state index is 0.00214. The van der Waals surface area contributed by atoms with Gasteiger partial charge in [-0.3, -0.25) is 4.79 Å². The van der Waals surface area contributed by atoms with E-state index in [9.17, 15) is 24.9 Å². The molecule has 1 aliphatic rings. The highest BCUT2D eigenvalue weighted by Crippen LogP contribution is 2.22. The van der Waals surface area contributed by atoms with Crippen molar-refractivity contribution in [3.05, 3.63) is 58.9 Å². The smallest absolute Gasteiger partial charge is 0.417 e. The van der Waals surface area contributed by atoms with Gasteiger partial charge >= 0.3 is 12.1 Å². The Balaban J connectivity index is 2.45. The highest BCUT2D eigenvalue weighted by Gasteiger charge is 2.38. The molecule has 0 saturated carbocycles. The number of hydrogen-bond acceptors (Lipinski definition) is 8. The number of imide groups is 1. The van der Waals surface area contributed by atoms with Gasteiger partial charge in [0.2, 0.25) is 0 Å². The number of esters is 1. The Bertz CT molecular complexity index is 969. The summed E-state index contributed by atoms with van der Waals surface area (Å²) in [7, 11) is 0. The number of nitriles is 2. The van der Waals surface area contributed by atoms with E-state index < -0.39 is 35.2 Å². The van der Waals surface area contributed by atoms with Gasteiger partial charge in [-0.25, -0.2) is 14.5 Å². The van der Waals surface area contributed by atoms with E-state index in [1.165, 1.54) is 0 Å². The number of benzene rings is 1. The van der Waals surface area contributed by atoms with Gasteiger partial charge in [0.15, 0.2) is 11.3 Å². The molecule has 1 aromatic carbocycles. The Morgan fingerprint density at radius 2 is 1.81 bits per heavy atom. The van der Waals surface area contributed by atoms with Crippen molar-refractivity contribution in [1.29, 1.82) is 10.5 Å². The van der Waals surface area contributed by atoms with Crippen molar-refractivity contribution >= 4 is 18.0 Å². The zero-order valence-electron chi connectivity index (χ0n) is 17.2. The standard InChI is InChI=1S/C22H21N3O6/c1-3-29-20(16(12-23)13-24)18(21(27)30-4-2)11-19(26)25-17(14-31-22(25)28)10-15-8-6-5-7-9-15/h5-9,11,17H,3-4,10,14H2,1-2H3/b18-11+/t17-/m0/s1. The summed E-state index contributed by atoms with van der Waals surface area (Å²) in [6.45, 7) is 3.16. The number of carbonyl (C=O) groups excluding carboxylic acids is 3. The van der Waals surface area contributed by atoms with E-state index >= 15 is 0 Å². The largest absolute Gasteiger partial charge is 0.491 e. The molecule has 1 saturated heterocycles. The molecule has 2 amide bonds. The molecule has 2 rings (SSSR count). The molecule has 1 aliphatic heterocycles. The first kappa shape index (κ1) is 23.2. The number of ether oxygens (including phenoxy) is 3. The Kier molecular flexibility index (Phi) is 8.35. The summed E-state index contributed by atoms with van der Waals surface area (Å²) >= 11 is 0. The van der Waals surface area contributed by atoms with Gasteiger partial charge in [-0.15, -0.1) is 0 Å². The fourth-order valence-electron chi connectivity index (χ4n) is 2.94. The fraction of sp³-hybridized carbons (Fsp3) is 0.318. The predicted molar refractivity (Wildman–Crippen MR) is 107 cm³/mol. The number of rotatable bonds is 8. The molecule has 0 aromatic heterocycles. The van der Waals surface area contributed by atoms with Crippen LogP contribution in [0, 0.1) is 22.7 Å². The minimum Gasteiger partial charge on any atom is -0.491 e. The monoisotopic (exact) mass is 423 g/mol. The molecular weight excluding hydrogens is 402 g/mol. The first-order valence-corrected chi connectivity index (χ1v) is 9.57. The van der Waals surface area contributed by atoms with Gasteiger partial charge in [-0.1, -0.05) is 30.3 Å².